The molecular weight excluding hydrogens is 312 g/mol. The number of nitrogens with zero attached hydrogens (tertiary/aromatic N) is 1. The highest BCUT2D eigenvalue weighted by atomic mass is 16.5. The van der Waals surface area contributed by atoms with Gasteiger partial charge >= 0.3 is 5.97 Å². The molecule has 7 heteroatoms. The van der Waals surface area contributed by atoms with Crippen LogP contribution in [0.15, 0.2) is 12.2 Å². The van der Waals surface area contributed by atoms with Gasteiger partial charge in [-0.15, -0.1) is 0 Å². The molecule has 0 aromatic carbocycles. The number of nitrogens with one attached hydrogen (secondary N) is 1. The second kappa shape index (κ2) is 7.79. The van der Waals surface area contributed by atoms with Crippen molar-refractivity contribution >= 4 is 17.8 Å². The highest BCUT2D eigenvalue weighted by Crippen LogP contribution is 2.29. The maximum Gasteiger partial charge on any atom is 0.310 e. The summed E-state index contributed by atoms with van der Waals surface area (Å²) in [7, 11) is 0. The Labute approximate surface area is 141 Å². The molecule has 3 rings (SSSR count). The van der Waals surface area contributed by atoms with E-state index in [-0.39, 0.29) is 36.2 Å². The fourth-order valence-electron chi connectivity index (χ4n) is 3.46. The third-order valence-corrected chi connectivity index (χ3v) is 4.90. The van der Waals surface area contributed by atoms with Gasteiger partial charge in [0.25, 0.3) is 0 Å². The zero-order valence-electron chi connectivity index (χ0n) is 13.7. The van der Waals surface area contributed by atoms with Crippen LogP contribution in [0.25, 0.3) is 0 Å². The molecule has 0 spiro atoms. The molecule has 132 valence electrons. The van der Waals surface area contributed by atoms with E-state index in [0.29, 0.717) is 52.1 Å². The lowest BCUT2D eigenvalue weighted by molar-refractivity contribution is -0.157. The van der Waals surface area contributed by atoms with Gasteiger partial charge in [0.05, 0.1) is 31.7 Å². The van der Waals surface area contributed by atoms with E-state index >= 15 is 0 Å². The normalized spacial score (nSPS) is 30.1. The lowest BCUT2D eigenvalue weighted by atomic mass is 9.82. The molecule has 0 bridgehead atoms. The molecule has 2 aliphatic heterocycles. The highest BCUT2D eigenvalue weighted by molar-refractivity contribution is 5.86. The summed E-state index contributed by atoms with van der Waals surface area (Å²) in [6.45, 7) is 3.04. The van der Waals surface area contributed by atoms with E-state index in [9.17, 15) is 14.4 Å². The Hall–Kier alpha value is -1.89. The van der Waals surface area contributed by atoms with Gasteiger partial charge in [0.2, 0.25) is 11.8 Å². The smallest absolute Gasteiger partial charge is 0.310 e. The summed E-state index contributed by atoms with van der Waals surface area (Å²) >= 11 is 0. The molecule has 24 heavy (non-hydrogen) atoms. The van der Waals surface area contributed by atoms with Crippen LogP contribution >= 0.6 is 0 Å². The number of rotatable bonds is 4. The number of allylic oxidation sites excluding steroid dienone is 2. The molecule has 2 fully saturated rings. The van der Waals surface area contributed by atoms with Gasteiger partial charge < -0.3 is 19.7 Å². The molecule has 0 radical (unpaired) electrons. The summed E-state index contributed by atoms with van der Waals surface area (Å²) < 4.78 is 10.7. The zero-order chi connectivity index (χ0) is 16.9. The molecule has 3 atom stereocenters. The second-order valence-electron chi connectivity index (χ2n) is 6.60. The Morgan fingerprint density at radius 1 is 1.21 bits per heavy atom. The molecular formula is C17H24N2O5. The molecule has 2 saturated heterocycles. The summed E-state index contributed by atoms with van der Waals surface area (Å²) in [6.07, 6.45) is 5.40. The van der Waals surface area contributed by atoms with E-state index in [2.05, 4.69) is 5.32 Å². The third kappa shape index (κ3) is 3.95. The van der Waals surface area contributed by atoms with Crippen LogP contribution in [0.1, 0.15) is 19.3 Å². The van der Waals surface area contributed by atoms with Crippen molar-refractivity contribution in [3.63, 3.8) is 0 Å². The number of hydrogen-bond acceptors (Lipinski definition) is 5. The molecule has 2 heterocycles. The van der Waals surface area contributed by atoms with Crippen molar-refractivity contribution in [2.75, 3.05) is 39.5 Å². The molecule has 0 unspecified atom stereocenters. The van der Waals surface area contributed by atoms with Gasteiger partial charge in [-0.1, -0.05) is 12.2 Å². The number of carbonyl (C=O) groups is 3. The minimum absolute atomic E-state index is 0.00276. The van der Waals surface area contributed by atoms with E-state index in [4.69, 9.17) is 9.47 Å². The van der Waals surface area contributed by atoms with Gasteiger partial charge in [0, 0.05) is 32.0 Å². The summed E-state index contributed by atoms with van der Waals surface area (Å²) in [5, 5.41) is 2.73. The third-order valence-electron chi connectivity index (χ3n) is 4.90. The first-order valence-corrected chi connectivity index (χ1v) is 8.60. The van der Waals surface area contributed by atoms with E-state index in [1.165, 1.54) is 0 Å². The number of ether oxygens (including phenoxy) is 2. The molecule has 3 aliphatic rings. The first-order valence-electron chi connectivity index (χ1n) is 8.60. The average molecular weight is 336 g/mol. The first-order chi connectivity index (χ1) is 11.6. The maximum atomic E-state index is 12.7. The molecule has 0 aromatic heterocycles. The van der Waals surface area contributed by atoms with Crippen molar-refractivity contribution in [2.24, 2.45) is 17.8 Å². The Morgan fingerprint density at radius 3 is 2.58 bits per heavy atom. The van der Waals surface area contributed by atoms with Crippen LogP contribution in [-0.2, 0) is 23.9 Å². The van der Waals surface area contributed by atoms with Crippen LogP contribution in [0.5, 0.6) is 0 Å². The molecule has 0 aromatic rings. The number of esters is 1. The summed E-state index contributed by atoms with van der Waals surface area (Å²) in [5.74, 6) is -1.07. The number of hydrogen-bond donors (Lipinski definition) is 1. The monoisotopic (exact) mass is 336 g/mol. The number of amides is 2. The standard InChI is InChI=1S/C17H24N2O5/c20-15-9-12(10-18-15)11-24-17(22)14-4-2-1-3-13(14)16(21)19-5-7-23-8-6-19/h1-2,12-14H,3-11H2,(H,18,20)/t12-,13-,14-/m0/s1. The van der Waals surface area contributed by atoms with Crippen LogP contribution in [0.3, 0.4) is 0 Å². The molecule has 2 amide bonds. The van der Waals surface area contributed by atoms with Crippen LogP contribution < -0.4 is 5.32 Å². The topological polar surface area (TPSA) is 84.9 Å². The van der Waals surface area contributed by atoms with Crippen LogP contribution in [0, 0.1) is 17.8 Å². The van der Waals surface area contributed by atoms with E-state index in [1.807, 2.05) is 12.2 Å². The van der Waals surface area contributed by atoms with E-state index < -0.39 is 5.92 Å². The Balaban J connectivity index is 1.57. The Kier molecular flexibility index (Phi) is 5.50. The van der Waals surface area contributed by atoms with Crippen molar-refractivity contribution in [3.05, 3.63) is 12.2 Å². The van der Waals surface area contributed by atoms with E-state index in [1.54, 1.807) is 4.90 Å². The predicted molar refractivity (Wildman–Crippen MR) is 84.8 cm³/mol. The Bertz CT molecular complexity index is 527. The number of carbonyl (C=O) groups excluding carboxylic acids is 3. The second-order valence-corrected chi connectivity index (χ2v) is 6.60. The Morgan fingerprint density at radius 2 is 1.92 bits per heavy atom. The molecule has 0 saturated carbocycles. The van der Waals surface area contributed by atoms with Gasteiger partial charge in [0.1, 0.15) is 0 Å². The SMILES string of the molecule is O=C1C[C@H](COC(=O)[C@H]2CC=CC[C@@H]2C(=O)N2CCOCC2)CN1. The van der Waals surface area contributed by atoms with Crippen molar-refractivity contribution < 1.29 is 23.9 Å². The maximum absolute atomic E-state index is 12.7. The lowest BCUT2D eigenvalue weighted by Gasteiger charge is -2.33. The van der Waals surface area contributed by atoms with Gasteiger partial charge in [-0.3, -0.25) is 14.4 Å². The van der Waals surface area contributed by atoms with Crippen LogP contribution in [-0.4, -0.2) is 62.1 Å². The van der Waals surface area contributed by atoms with Gasteiger partial charge in [0.15, 0.2) is 0 Å². The quantitative estimate of drug-likeness (QED) is 0.582. The van der Waals surface area contributed by atoms with Crippen molar-refractivity contribution in [3.8, 4) is 0 Å². The molecule has 7 nitrogen and oxygen atoms in total. The summed E-state index contributed by atoms with van der Waals surface area (Å²) in [4.78, 5) is 38.2. The van der Waals surface area contributed by atoms with Gasteiger partial charge in [-0.05, 0) is 12.8 Å². The minimum Gasteiger partial charge on any atom is -0.465 e. The average Bonchev–Trinajstić information content (AvgIpc) is 3.05. The largest absolute Gasteiger partial charge is 0.465 e. The van der Waals surface area contributed by atoms with Crippen molar-refractivity contribution in [1.82, 2.24) is 10.2 Å². The fourth-order valence-corrected chi connectivity index (χ4v) is 3.46. The predicted octanol–water partition coefficient (Wildman–Crippen LogP) is 0.107. The first kappa shape index (κ1) is 17.0. The lowest BCUT2D eigenvalue weighted by Crippen LogP contribution is -2.47. The molecule has 1 N–H and O–H groups in total. The summed E-state index contributed by atoms with van der Waals surface area (Å²) in [6, 6.07) is 0. The number of morpholine rings is 1. The fraction of sp³-hybridized carbons (Fsp3) is 0.706. The molecule has 1 aliphatic carbocycles. The van der Waals surface area contributed by atoms with Crippen molar-refractivity contribution in [2.45, 2.75) is 19.3 Å². The highest BCUT2D eigenvalue weighted by Gasteiger charge is 2.38. The summed E-state index contributed by atoms with van der Waals surface area (Å²) in [5.41, 5.74) is 0. The zero-order valence-corrected chi connectivity index (χ0v) is 13.7. The van der Waals surface area contributed by atoms with Crippen LogP contribution in [0.2, 0.25) is 0 Å². The van der Waals surface area contributed by atoms with Gasteiger partial charge in [-0.25, -0.2) is 0 Å². The van der Waals surface area contributed by atoms with Crippen molar-refractivity contribution in [1.29, 1.82) is 0 Å². The minimum atomic E-state index is -0.435. The van der Waals surface area contributed by atoms with Crippen LogP contribution in [0.4, 0.5) is 0 Å². The van der Waals surface area contributed by atoms with Gasteiger partial charge in [-0.2, -0.15) is 0 Å². The van der Waals surface area contributed by atoms with E-state index in [0.717, 1.165) is 0 Å².